The fourth-order valence-electron chi connectivity index (χ4n) is 3.20. The number of carboxylic acid groups (broad SMARTS) is 1. The first-order valence-corrected chi connectivity index (χ1v) is 12.4. The molecule has 2 atom stereocenters. The van der Waals surface area contributed by atoms with Crippen LogP contribution in [0.4, 0.5) is 8.78 Å². The number of hydrogen-bond acceptors (Lipinski definition) is 6. The number of aliphatic carboxylic acids is 1. The highest BCUT2D eigenvalue weighted by Gasteiger charge is 2.46. The van der Waals surface area contributed by atoms with Crippen LogP contribution in [0.5, 0.6) is 5.75 Å². The molecule has 11 heteroatoms. The molecular weight excluding hydrogens is 464 g/mol. The Morgan fingerprint density at radius 1 is 1.28 bits per heavy atom. The second-order valence-electron chi connectivity index (χ2n) is 7.22. The maximum absolute atomic E-state index is 13.7. The van der Waals surface area contributed by atoms with E-state index in [1.54, 1.807) is 0 Å². The summed E-state index contributed by atoms with van der Waals surface area (Å²) >= 11 is 1.54. The van der Waals surface area contributed by atoms with Crippen molar-refractivity contribution in [3.63, 3.8) is 0 Å². The van der Waals surface area contributed by atoms with E-state index in [1.807, 2.05) is 6.92 Å². The SMILES string of the molecule is CCSC1CCC(NS(=O)(=O)c2ccc(OCc3ccc(F)cc3F)cc2)(C(=O)O)CO1. The molecule has 0 bridgehead atoms. The molecular formula is C21H23F2NO6S2. The second-order valence-corrected chi connectivity index (χ2v) is 10.3. The third kappa shape index (κ3) is 5.77. The lowest BCUT2D eigenvalue weighted by atomic mass is 9.94. The zero-order valence-electron chi connectivity index (χ0n) is 17.2. The first kappa shape index (κ1) is 24.4. The number of carboxylic acids is 1. The largest absolute Gasteiger partial charge is 0.489 e. The van der Waals surface area contributed by atoms with Crippen LogP contribution in [0.15, 0.2) is 47.4 Å². The molecule has 2 aromatic rings. The molecule has 2 aromatic carbocycles. The van der Waals surface area contributed by atoms with Crippen LogP contribution in [0.1, 0.15) is 25.3 Å². The zero-order chi connectivity index (χ0) is 23.4. The van der Waals surface area contributed by atoms with E-state index in [9.17, 15) is 27.1 Å². The van der Waals surface area contributed by atoms with E-state index in [0.29, 0.717) is 6.42 Å². The monoisotopic (exact) mass is 487 g/mol. The van der Waals surface area contributed by atoms with Crippen LogP contribution >= 0.6 is 11.8 Å². The second kappa shape index (κ2) is 10.2. The number of hydrogen-bond donors (Lipinski definition) is 2. The van der Waals surface area contributed by atoms with Crippen LogP contribution < -0.4 is 9.46 Å². The third-order valence-corrected chi connectivity index (χ3v) is 7.59. The molecule has 0 spiro atoms. The van der Waals surface area contributed by atoms with Gasteiger partial charge in [0.05, 0.1) is 11.5 Å². The minimum absolute atomic E-state index is 0.101. The predicted octanol–water partition coefficient (Wildman–Crippen LogP) is 3.54. The molecule has 0 radical (unpaired) electrons. The van der Waals surface area contributed by atoms with Crippen molar-refractivity contribution in [3.8, 4) is 5.75 Å². The zero-order valence-corrected chi connectivity index (χ0v) is 18.8. The normalized spacial score (nSPS) is 21.3. The molecule has 2 unspecified atom stereocenters. The summed E-state index contributed by atoms with van der Waals surface area (Å²) in [4.78, 5) is 11.7. The number of halogens is 2. The van der Waals surface area contributed by atoms with Crippen molar-refractivity contribution in [2.75, 3.05) is 12.4 Å². The van der Waals surface area contributed by atoms with Gasteiger partial charge in [0.2, 0.25) is 10.0 Å². The highest BCUT2D eigenvalue weighted by atomic mass is 32.2. The van der Waals surface area contributed by atoms with Gasteiger partial charge in [-0.1, -0.05) is 6.92 Å². The minimum atomic E-state index is -4.16. The van der Waals surface area contributed by atoms with E-state index in [-0.39, 0.29) is 41.3 Å². The Morgan fingerprint density at radius 3 is 2.56 bits per heavy atom. The van der Waals surface area contributed by atoms with Crippen molar-refractivity contribution in [3.05, 3.63) is 59.7 Å². The summed E-state index contributed by atoms with van der Waals surface area (Å²) in [6.45, 7) is 1.51. The van der Waals surface area contributed by atoms with Crippen molar-refractivity contribution in [1.82, 2.24) is 4.72 Å². The van der Waals surface area contributed by atoms with Gasteiger partial charge >= 0.3 is 5.97 Å². The average Bonchev–Trinajstić information content (AvgIpc) is 2.75. The van der Waals surface area contributed by atoms with Crippen LogP contribution in [0.25, 0.3) is 0 Å². The van der Waals surface area contributed by atoms with Gasteiger partial charge in [-0.2, -0.15) is 4.72 Å². The lowest BCUT2D eigenvalue weighted by Crippen LogP contribution is -2.60. The highest BCUT2D eigenvalue weighted by molar-refractivity contribution is 7.99. The van der Waals surface area contributed by atoms with Gasteiger partial charge in [-0.3, -0.25) is 4.79 Å². The quantitative estimate of drug-likeness (QED) is 0.558. The first-order valence-electron chi connectivity index (χ1n) is 9.82. The topological polar surface area (TPSA) is 102 Å². The van der Waals surface area contributed by atoms with Gasteiger partial charge in [0.1, 0.15) is 29.4 Å². The Morgan fingerprint density at radius 2 is 2.00 bits per heavy atom. The molecule has 1 fully saturated rings. The smallest absolute Gasteiger partial charge is 0.327 e. The van der Waals surface area contributed by atoms with Crippen molar-refractivity contribution in [2.45, 2.75) is 42.2 Å². The predicted molar refractivity (Wildman–Crippen MR) is 115 cm³/mol. The summed E-state index contributed by atoms with van der Waals surface area (Å²) in [6, 6.07) is 8.37. The van der Waals surface area contributed by atoms with E-state index in [1.165, 1.54) is 42.1 Å². The van der Waals surface area contributed by atoms with Gasteiger partial charge in [-0.25, -0.2) is 17.2 Å². The Labute approximate surface area is 189 Å². The molecule has 32 heavy (non-hydrogen) atoms. The van der Waals surface area contributed by atoms with Crippen molar-refractivity contribution < 1.29 is 36.6 Å². The van der Waals surface area contributed by atoms with Crippen LogP contribution in [0.3, 0.4) is 0 Å². The van der Waals surface area contributed by atoms with E-state index < -0.39 is 33.2 Å². The Hall–Kier alpha value is -2.21. The fourth-order valence-corrected chi connectivity index (χ4v) is 5.39. The number of benzene rings is 2. The first-order chi connectivity index (χ1) is 15.1. The molecule has 0 amide bonds. The van der Waals surface area contributed by atoms with E-state index in [2.05, 4.69) is 4.72 Å². The Kier molecular flexibility index (Phi) is 7.75. The lowest BCUT2D eigenvalue weighted by Gasteiger charge is -2.36. The molecule has 1 aliphatic heterocycles. The van der Waals surface area contributed by atoms with Gasteiger partial charge in [0, 0.05) is 11.6 Å². The fraction of sp³-hybridized carbons (Fsp3) is 0.381. The van der Waals surface area contributed by atoms with Crippen LogP contribution in [0.2, 0.25) is 0 Å². The summed E-state index contributed by atoms with van der Waals surface area (Å²) in [5.41, 5.74) is -1.77. The van der Waals surface area contributed by atoms with Crippen LogP contribution in [-0.4, -0.2) is 42.8 Å². The van der Waals surface area contributed by atoms with Gasteiger partial charge < -0.3 is 14.6 Å². The maximum atomic E-state index is 13.7. The summed E-state index contributed by atoms with van der Waals surface area (Å²) in [5.74, 6) is -1.68. The molecule has 174 valence electrons. The van der Waals surface area contributed by atoms with Crippen LogP contribution in [-0.2, 0) is 26.2 Å². The molecule has 1 heterocycles. The van der Waals surface area contributed by atoms with Crippen molar-refractivity contribution >= 4 is 27.8 Å². The number of thioether (sulfide) groups is 1. The van der Waals surface area contributed by atoms with E-state index >= 15 is 0 Å². The third-order valence-electron chi connectivity index (χ3n) is 4.96. The lowest BCUT2D eigenvalue weighted by molar-refractivity contribution is -0.150. The van der Waals surface area contributed by atoms with Gasteiger partial charge in [-0.15, -0.1) is 11.8 Å². The summed E-state index contributed by atoms with van der Waals surface area (Å²) < 4.78 is 65.6. The standard InChI is InChI=1S/C21H23F2NO6S2/c1-2-31-19-9-10-21(13-30-19,20(25)26)24-32(27,28)17-7-5-16(6-8-17)29-12-14-3-4-15(22)11-18(14)23/h3-8,11,19,24H,2,9-10,12-13H2,1H3,(H,25,26). The van der Waals surface area contributed by atoms with Gasteiger partial charge in [-0.05, 0) is 55.0 Å². The number of sulfonamides is 1. The van der Waals surface area contributed by atoms with Gasteiger partial charge in [0.25, 0.3) is 0 Å². The summed E-state index contributed by atoms with van der Waals surface area (Å²) in [5, 5.41) is 9.69. The Balaban J connectivity index is 1.68. The minimum Gasteiger partial charge on any atom is -0.489 e. The molecule has 1 saturated heterocycles. The van der Waals surface area contributed by atoms with Gasteiger partial charge in [0.15, 0.2) is 5.54 Å². The van der Waals surface area contributed by atoms with E-state index in [0.717, 1.165) is 17.9 Å². The van der Waals surface area contributed by atoms with Crippen molar-refractivity contribution in [2.24, 2.45) is 0 Å². The molecule has 1 aliphatic rings. The van der Waals surface area contributed by atoms with Crippen LogP contribution in [0, 0.1) is 11.6 Å². The molecule has 3 rings (SSSR count). The Bertz CT molecular complexity index is 1050. The van der Waals surface area contributed by atoms with E-state index in [4.69, 9.17) is 9.47 Å². The number of rotatable bonds is 9. The molecule has 2 N–H and O–H groups in total. The number of carbonyl (C=O) groups is 1. The summed E-state index contributed by atoms with van der Waals surface area (Å²) in [6.07, 6.45) is 0.504. The number of ether oxygens (including phenoxy) is 2. The summed E-state index contributed by atoms with van der Waals surface area (Å²) in [7, 11) is -4.16. The molecule has 0 aromatic heterocycles. The van der Waals surface area contributed by atoms with Crippen molar-refractivity contribution in [1.29, 1.82) is 0 Å². The molecule has 7 nitrogen and oxygen atoms in total. The molecule has 0 aliphatic carbocycles. The molecule has 0 saturated carbocycles. The average molecular weight is 488 g/mol. The number of nitrogens with one attached hydrogen (secondary N) is 1. The maximum Gasteiger partial charge on any atom is 0.327 e. The highest BCUT2D eigenvalue weighted by Crippen LogP contribution is 2.31.